The first kappa shape index (κ1) is 10.2. The lowest BCUT2D eigenvalue weighted by molar-refractivity contribution is -0.136. The summed E-state index contributed by atoms with van der Waals surface area (Å²) in [4.78, 5) is 13.4. The van der Waals surface area contributed by atoms with Crippen LogP contribution < -0.4 is 0 Å². The molecule has 0 saturated carbocycles. The van der Waals surface area contributed by atoms with E-state index in [1.165, 1.54) is 12.1 Å². The molecule has 0 unspecified atom stereocenters. The van der Waals surface area contributed by atoms with Gasteiger partial charge in [-0.3, -0.25) is 4.79 Å². The number of hydrogen-bond donors (Lipinski definition) is 2. The van der Waals surface area contributed by atoms with E-state index in [9.17, 15) is 9.18 Å². The first-order chi connectivity index (χ1) is 7.08. The molecule has 1 aromatic carbocycles. The third-order valence-electron chi connectivity index (χ3n) is 2.12. The van der Waals surface area contributed by atoms with Gasteiger partial charge in [-0.05, 0) is 33.6 Å². The summed E-state index contributed by atoms with van der Waals surface area (Å²) < 4.78 is 13.6. The SMILES string of the molecule is O=C(O)Cc1c[nH]c2cc(F)cc(Br)c12. The smallest absolute Gasteiger partial charge is 0.307 e. The summed E-state index contributed by atoms with van der Waals surface area (Å²) in [7, 11) is 0. The van der Waals surface area contributed by atoms with Crippen molar-refractivity contribution in [3.8, 4) is 0 Å². The maximum atomic E-state index is 13.0. The fourth-order valence-corrected chi connectivity index (χ4v) is 2.24. The minimum absolute atomic E-state index is 0.0791. The molecule has 15 heavy (non-hydrogen) atoms. The molecule has 0 fully saturated rings. The summed E-state index contributed by atoms with van der Waals surface area (Å²) in [5.74, 6) is -1.27. The predicted molar refractivity (Wildman–Crippen MR) is 57.3 cm³/mol. The lowest BCUT2D eigenvalue weighted by atomic mass is 10.1. The summed E-state index contributed by atoms with van der Waals surface area (Å²) in [6, 6.07) is 2.66. The van der Waals surface area contributed by atoms with Crippen molar-refractivity contribution in [2.75, 3.05) is 0 Å². The Labute approximate surface area is 93.0 Å². The lowest BCUT2D eigenvalue weighted by Crippen LogP contribution is -1.99. The Morgan fingerprint density at radius 3 is 2.93 bits per heavy atom. The Hall–Kier alpha value is -1.36. The zero-order valence-corrected chi connectivity index (χ0v) is 9.14. The van der Waals surface area contributed by atoms with Gasteiger partial charge in [0.1, 0.15) is 5.82 Å². The fourth-order valence-electron chi connectivity index (χ4n) is 1.55. The van der Waals surface area contributed by atoms with E-state index in [2.05, 4.69) is 20.9 Å². The Bertz CT molecular complexity index is 535. The van der Waals surface area contributed by atoms with Crippen molar-refractivity contribution < 1.29 is 14.3 Å². The Kier molecular flexibility index (Phi) is 2.48. The molecule has 2 N–H and O–H groups in total. The van der Waals surface area contributed by atoms with Crippen LogP contribution in [0, 0.1) is 5.82 Å². The largest absolute Gasteiger partial charge is 0.481 e. The molecule has 0 saturated heterocycles. The van der Waals surface area contributed by atoms with Crippen LogP contribution >= 0.6 is 15.9 Å². The number of carboxylic acid groups (broad SMARTS) is 1. The van der Waals surface area contributed by atoms with Crippen LogP contribution in [0.4, 0.5) is 4.39 Å². The topological polar surface area (TPSA) is 53.1 Å². The number of nitrogens with one attached hydrogen (secondary N) is 1. The molecular weight excluding hydrogens is 265 g/mol. The summed E-state index contributed by atoms with van der Waals surface area (Å²) in [6.45, 7) is 0. The number of hydrogen-bond acceptors (Lipinski definition) is 1. The van der Waals surface area contributed by atoms with Crippen molar-refractivity contribution in [2.45, 2.75) is 6.42 Å². The molecule has 0 aliphatic heterocycles. The Balaban J connectivity index is 2.63. The van der Waals surface area contributed by atoms with Crippen LogP contribution in [-0.4, -0.2) is 16.1 Å². The van der Waals surface area contributed by atoms with Crippen LogP contribution in [0.1, 0.15) is 5.56 Å². The van der Waals surface area contributed by atoms with Gasteiger partial charge in [0.2, 0.25) is 0 Å². The average Bonchev–Trinajstić information content (AvgIpc) is 2.46. The quantitative estimate of drug-likeness (QED) is 0.883. The maximum Gasteiger partial charge on any atom is 0.307 e. The lowest BCUT2D eigenvalue weighted by Gasteiger charge is -1.98. The molecule has 78 valence electrons. The predicted octanol–water partition coefficient (Wildman–Crippen LogP) is 2.70. The molecule has 3 nitrogen and oxygen atoms in total. The molecule has 1 heterocycles. The maximum absolute atomic E-state index is 13.0. The zero-order chi connectivity index (χ0) is 11.0. The number of carbonyl (C=O) groups is 1. The van der Waals surface area contributed by atoms with E-state index in [4.69, 9.17) is 5.11 Å². The van der Waals surface area contributed by atoms with Crippen molar-refractivity contribution in [3.05, 3.63) is 34.2 Å². The van der Waals surface area contributed by atoms with E-state index in [0.717, 1.165) is 5.39 Å². The second kappa shape index (κ2) is 3.66. The van der Waals surface area contributed by atoms with E-state index < -0.39 is 5.97 Å². The van der Waals surface area contributed by atoms with Gasteiger partial charge >= 0.3 is 5.97 Å². The fraction of sp³-hybridized carbons (Fsp3) is 0.100. The summed E-state index contributed by atoms with van der Waals surface area (Å²) >= 11 is 3.21. The van der Waals surface area contributed by atoms with Gasteiger partial charge in [0.15, 0.2) is 0 Å². The first-order valence-corrected chi connectivity index (χ1v) is 5.04. The first-order valence-electron chi connectivity index (χ1n) is 4.24. The van der Waals surface area contributed by atoms with Crippen LogP contribution in [0.5, 0.6) is 0 Å². The molecule has 0 aliphatic rings. The van der Waals surface area contributed by atoms with E-state index in [-0.39, 0.29) is 12.2 Å². The standard InChI is InChI=1S/C10H7BrFNO2/c11-7-2-6(12)3-8-10(7)5(4-13-8)1-9(14)15/h2-4,13H,1H2,(H,14,15). The highest BCUT2D eigenvalue weighted by Gasteiger charge is 2.11. The molecule has 2 rings (SSSR count). The van der Waals surface area contributed by atoms with Crippen molar-refractivity contribution in [3.63, 3.8) is 0 Å². The second-order valence-corrected chi connectivity index (χ2v) is 4.05. The van der Waals surface area contributed by atoms with Crippen LogP contribution in [-0.2, 0) is 11.2 Å². The summed E-state index contributed by atoms with van der Waals surface area (Å²) in [5, 5.41) is 9.41. The molecule has 2 aromatic rings. The zero-order valence-electron chi connectivity index (χ0n) is 7.55. The van der Waals surface area contributed by atoms with Gasteiger partial charge < -0.3 is 10.1 Å². The minimum atomic E-state index is -0.910. The molecule has 0 aliphatic carbocycles. The second-order valence-electron chi connectivity index (χ2n) is 3.19. The third kappa shape index (κ3) is 1.87. The number of halogens is 2. The summed E-state index contributed by atoms with van der Waals surface area (Å²) in [5.41, 5.74) is 1.24. The van der Waals surface area contributed by atoms with Gasteiger partial charge in [-0.1, -0.05) is 0 Å². The number of benzene rings is 1. The number of carboxylic acids is 1. The normalized spacial score (nSPS) is 10.8. The number of H-pyrrole nitrogens is 1. The number of rotatable bonds is 2. The van der Waals surface area contributed by atoms with E-state index in [1.54, 1.807) is 6.20 Å². The molecule has 0 amide bonds. The highest BCUT2D eigenvalue weighted by Crippen LogP contribution is 2.28. The van der Waals surface area contributed by atoms with Crippen molar-refractivity contribution >= 4 is 32.8 Å². The monoisotopic (exact) mass is 271 g/mol. The molecular formula is C10H7BrFNO2. The van der Waals surface area contributed by atoms with Crippen molar-refractivity contribution in [2.24, 2.45) is 0 Å². The number of aromatic amines is 1. The van der Waals surface area contributed by atoms with Crippen molar-refractivity contribution in [1.29, 1.82) is 0 Å². The van der Waals surface area contributed by atoms with Gasteiger partial charge in [-0.15, -0.1) is 0 Å². The van der Waals surface area contributed by atoms with Gasteiger partial charge in [-0.25, -0.2) is 4.39 Å². The number of fused-ring (bicyclic) bond motifs is 1. The molecule has 0 spiro atoms. The molecule has 0 bridgehead atoms. The molecule has 0 radical (unpaired) electrons. The van der Waals surface area contributed by atoms with Crippen LogP contribution in [0.2, 0.25) is 0 Å². The van der Waals surface area contributed by atoms with E-state index in [0.29, 0.717) is 15.6 Å². The molecule has 5 heteroatoms. The molecule has 0 atom stereocenters. The van der Waals surface area contributed by atoms with Crippen LogP contribution in [0.3, 0.4) is 0 Å². The highest BCUT2D eigenvalue weighted by molar-refractivity contribution is 9.10. The Morgan fingerprint density at radius 2 is 2.27 bits per heavy atom. The molecule has 1 aromatic heterocycles. The van der Waals surface area contributed by atoms with Crippen LogP contribution in [0.15, 0.2) is 22.8 Å². The number of aromatic nitrogens is 1. The van der Waals surface area contributed by atoms with Crippen molar-refractivity contribution in [1.82, 2.24) is 4.98 Å². The minimum Gasteiger partial charge on any atom is -0.481 e. The van der Waals surface area contributed by atoms with Gasteiger partial charge in [0.05, 0.1) is 6.42 Å². The average molecular weight is 272 g/mol. The third-order valence-corrected chi connectivity index (χ3v) is 2.75. The van der Waals surface area contributed by atoms with Crippen LogP contribution in [0.25, 0.3) is 10.9 Å². The van der Waals surface area contributed by atoms with Gasteiger partial charge in [0.25, 0.3) is 0 Å². The van der Waals surface area contributed by atoms with E-state index >= 15 is 0 Å². The van der Waals surface area contributed by atoms with Gasteiger partial charge in [-0.2, -0.15) is 0 Å². The van der Waals surface area contributed by atoms with Gasteiger partial charge in [0, 0.05) is 21.6 Å². The highest BCUT2D eigenvalue weighted by atomic mass is 79.9. The Morgan fingerprint density at radius 1 is 1.53 bits per heavy atom. The summed E-state index contributed by atoms with van der Waals surface area (Å²) in [6.07, 6.45) is 1.51. The number of aliphatic carboxylic acids is 1. The van der Waals surface area contributed by atoms with E-state index in [1.807, 2.05) is 0 Å².